The highest BCUT2D eigenvalue weighted by Crippen LogP contribution is 2.36. The van der Waals surface area contributed by atoms with Crippen molar-refractivity contribution in [2.24, 2.45) is 0 Å². The number of aromatic nitrogens is 1. The highest BCUT2D eigenvalue weighted by Gasteiger charge is 2.19. The number of aromatic amines is 1. The summed E-state index contributed by atoms with van der Waals surface area (Å²) in [5.41, 5.74) is 1.91. The van der Waals surface area contributed by atoms with Gasteiger partial charge in [0.2, 0.25) is 0 Å². The minimum absolute atomic E-state index is 0.101. The molecule has 0 aliphatic rings. The number of rotatable bonds is 2. The van der Waals surface area contributed by atoms with Crippen molar-refractivity contribution in [1.82, 2.24) is 4.98 Å². The van der Waals surface area contributed by atoms with Crippen LogP contribution >= 0.6 is 11.6 Å². The summed E-state index contributed by atoms with van der Waals surface area (Å²) in [7, 11) is 0. The predicted molar refractivity (Wildman–Crippen MR) is 62.6 cm³/mol. The van der Waals surface area contributed by atoms with Gasteiger partial charge in [-0.1, -0.05) is 23.7 Å². The van der Waals surface area contributed by atoms with E-state index in [1.165, 1.54) is 0 Å². The number of hydrogen-bond donors (Lipinski definition) is 1. The number of para-hydroxylation sites is 1. The van der Waals surface area contributed by atoms with E-state index in [2.05, 4.69) is 4.98 Å². The molecule has 0 saturated carbocycles. The molecule has 0 atom stereocenters. The Morgan fingerprint density at radius 2 is 2.06 bits per heavy atom. The zero-order chi connectivity index (χ0) is 11.7. The summed E-state index contributed by atoms with van der Waals surface area (Å²) in [6.45, 7) is 1.71. The van der Waals surface area contributed by atoms with Crippen molar-refractivity contribution in [3.63, 3.8) is 0 Å². The molecular weight excluding hydrogens is 228 g/mol. The van der Waals surface area contributed by atoms with E-state index in [-0.39, 0.29) is 10.6 Å². The number of aryl methyl sites for hydroxylation is 1. The van der Waals surface area contributed by atoms with Gasteiger partial charge in [-0.2, -0.15) is 0 Å². The molecule has 0 spiro atoms. The maximum absolute atomic E-state index is 11.0. The Morgan fingerprint density at radius 1 is 1.31 bits per heavy atom. The van der Waals surface area contributed by atoms with Crippen molar-refractivity contribution >= 4 is 17.3 Å². The summed E-state index contributed by atoms with van der Waals surface area (Å²) in [6.07, 6.45) is 3.26. The maximum Gasteiger partial charge on any atom is 0.280 e. The van der Waals surface area contributed by atoms with Gasteiger partial charge < -0.3 is 4.98 Å². The molecule has 2 rings (SSSR count). The van der Waals surface area contributed by atoms with Gasteiger partial charge in [0.15, 0.2) is 0 Å². The largest absolute Gasteiger partial charge is 0.366 e. The zero-order valence-electron chi connectivity index (χ0n) is 8.53. The Bertz CT molecular complexity index is 549. The third-order valence-electron chi connectivity index (χ3n) is 2.41. The number of benzene rings is 1. The van der Waals surface area contributed by atoms with Crippen LogP contribution in [0.1, 0.15) is 5.56 Å². The van der Waals surface area contributed by atoms with Crippen molar-refractivity contribution in [1.29, 1.82) is 0 Å². The molecule has 1 N–H and O–H groups in total. The maximum atomic E-state index is 11.0. The summed E-state index contributed by atoms with van der Waals surface area (Å²) < 4.78 is 0. The van der Waals surface area contributed by atoms with E-state index in [1.54, 1.807) is 37.5 Å². The minimum Gasteiger partial charge on any atom is -0.366 e. The zero-order valence-corrected chi connectivity index (χ0v) is 9.28. The van der Waals surface area contributed by atoms with Gasteiger partial charge in [-0.15, -0.1) is 0 Å². The topological polar surface area (TPSA) is 58.9 Å². The van der Waals surface area contributed by atoms with Gasteiger partial charge in [0.1, 0.15) is 0 Å². The van der Waals surface area contributed by atoms with E-state index in [1.807, 2.05) is 0 Å². The lowest BCUT2D eigenvalue weighted by atomic mass is 10.0. The van der Waals surface area contributed by atoms with Crippen LogP contribution in [0.3, 0.4) is 0 Å². The predicted octanol–water partition coefficient (Wildman–Crippen LogP) is 3.55. The van der Waals surface area contributed by atoms with Gasteiger partial charge >= 0.3 is 0 Å². The Morgan fingerprint density at radius 3 is 2.62 bits per heavy atom. The Balaban J connectivity index is 2.70. The SMILES string of the molecule is Cc1cccc(-c2c[nH]cc2Cl)c1[N+](=O)[O-]. The fraction of sp³-hybridized carbons (Fsp3) is 0.0909. The third-order valence-corrected chi connectivity index (χ3v) is 2.72. The van der Waals surface area contributed by atoms with Crippen LogP contribution in [0.4, 0.5) is 5.69 Å². The van der Waals surface area contributed by atoms with Crippen LogP contribution in [0, 0.1) is 17.0 Å². The lowest BCUT2D eigenvalue weighted by Crippen LogP contribution is -1.94. The molecule has 1 aromatic heterocycles. The quantitative estimate of drug-likeness (QED) is 0.640. The van der Waals surface area contributed by atoms with Crippen molar-refractivity contribution in [3.05, 3.63) is 51.3 Å². The van der Waals surface area contributed by atoms with Crippen LogP contribution in [0.25, 0.3) is 11.1 Å². The van der Waals surface area contributed by atoms with Gasteiger partial charge in [-0.05, 0) is 13.0 Å². The summed E-state index contributed by atoms with van der Waals surface area (Å²) in [4.78, 5) is 13.4. The first-order chi connectivity index (χ1) is 7.61. The van der Waals surface area contributed by atoms with Crippen LogP contribution in [0.15, 0.2) is 30.6 Å². The molecule has 0 amide bonds. The highest BCUT2D eigenvalue weighted by molar-refractivity contribution is 6.33. The number of hydrogen-bond acceptors (Lipinski definition) is 2. The standard InChI is InChI=1S/C11H9ClN2O2/c1-7-3-2-4-8(11(7)14(15)16)9-5-13-6-10(9)12/h2-6,13H,1H3. The number of nitrogens with zero attached hydrogens (tertiary/aromatic N) is 1. The van der Waals surface area contributed by atoms with Gasteiger partial charge in [-0.25, -0.2) is 0 Å². The fourth-order valence-corrected chi connectivity index (χ4v) is 1.89. The molecule has 0 unspecified atom stereocenters. The average Bonchev–Trinajstić information content (AvgIpc) is 2.63. The first-order valence-corrected chi connectivity index (χ1v) is 5.05. The highest BCUT2D eigenvalue weighted by atomic mass is 35.5. The molecule has 0 radical (unpaired) electrons. The minimum atomic E-state index is -0.381. The van der Waals surface area contributed by atoms with Crippen molar-refractivity contribution in [2.45, 2.75) is 6.92 Å². The van der Waals surface area contributed by atoms with Gasteiger partial charge in [0.25, 0.3) is 5.69 Å². The molecule has 0 aliphatic heterocycles. The van der Waals surface area contributed by atoms with Crippen LogP contribution in [-0.2, 0) is 0 Å². The monoisotopic (exact) mass is 236 g/mol. The second-order valence-electron chi connectivity index (χ2n) is 3.45. The van der Waals surface area contributed by atoms with Crippen molar-refractivity contribution < 1.29 is 4.92 Å². The summed E-state index contributed by atoms with van der Waals surface area (Å²) in [5.74, 6) is 0. The molecule has 0 bridgehead atoms. The van der Waals surface area contributed by atoms with E-state index >= 15 is 0 Å². The van der Waals surface area contributed by atoms with Crippen molar-refractivity contribution in [3.8, 4) is 11.1 Å². The smallest absolute Gasteiger partial charge is 0.280 e. The van der Waals surface area contributed by atoms with E-state index in [0.29, 0.717) is 21.7 Å². The molecular formula is C11H9ClN2O2. The molecule has 16 heavy (non-hydrogen) atoms. The molecule has 1 aromatic carbocycles. The lowest BCUT2D eigenvalue weighted by Gasteiger charge is -2.03. The number of halogens is 1. The fourth-order valence-electron chi connectivity index (χ4n) is 1.67. The second-order valence-corrected chi connectivity index (χ2v) is 3.85. The Hall–Kier alpha value is -1.81. The summed E-state index contributed by atoms with van der Waals surface area (Å²) in [5, 5.41) is 11.5. The summed E-state index contributed by atoms with van der Waals surface area (Å²) >= 11 is 5.95. The molecule has 4 nitrogen and oxygen atoms in total. The molecule has 5 heteroatoms. The van der Waals surface area contributed by atoms with E-state index in [4.69, 9.17) is 11.6 Å². The van der Waals surface area contributed by atoms with Crippen LogP contribution in [0.5, 0.6) is 0 Å². The molecule has 0 saturated heterocycles. The Labute approximate surface area is 97.0 Å². The molecule has 2 aromatic rings. The molecule has 0 aliphatic carbocycles. The van der Waals surface area contributed by atoms with Crippen LogP contribution < -0.4 is 0 Å². The Kier molecular flexibility index (Phi) is 2.66. The number of nitro groups is 1. The first-order valence-electron chi connectivity index (χ1n) is 4.68. The average molecular weight is 237 g/mol. The summed E-state index contributed by atoms with van der Waals surface area (Å²) in [6, 6.07) is 5.18. The van der Waals surface area contributed by atoms with E-state index < -0.39 is 0 Å². The normalized spacial score (nSPS) is 10.4. The molecule has 82 valence electrons. The second kappa shape index (κ2) is 3.98. The van der Waals surface area contributed by atoms with Gasteiger partial charge in [0.05, 0.1) is 15.5 Å². The van der Waals surface area contributed by atoms with Gasteiger partial charge in [-0.3, -0.25) is 10.1 Å². The molecule has 1 heterocycles. The lowest BCUT2D eigenvalue weighted by molar-refractivity contribution is -0.384. The first kappa shape index (κ1) is 10.7. The molecule has 0 fully saturated rings. The van der Waals surface area contributed by atoms with Crippen LogP contribution in [-0.4, -0.2) is 9.91 Å². The van der Waals surface area contributed by atoms with Crippen LogP contribution in [0.2, 0.25) is 5.02 Å². The van der Waals surface area contributed by atoms with Gasteiger partial charge in [0, 0.05) is 23.5 Å². The number of nitrogens with one attached hydrogen (secondary N) is 1. The third kappa shape index (κ3) is 1.67. The number of H-pyrrole nitrogens is 1. The van der Waals surface area contributed by atoms with Crippen molar-refractivity contribution in [2.75, 3.05) is 0 Å². The number of nitro benzene ring substituents is 1. The van der Waals surface area contributed by atoms with E-state index in [9.17, 15) is 10.1 Å². The van der Waals surface area contributed by atoms with E-state index in [0.717, 1.165) is 0 Å².